The molecule has 2 atom stereocenters. The second-order valence-corrected chi connectivity index (χ2v) is 5.78. The Bertz CT molecular complexity index is 516. The topological polar surface area (TPSA) is 58.6 Å². The highest BCUT2D eigenvalue weighted by Gasteiger charge is 2.28. The molecule has 0 saturated heterocycles. The molecule has 1 aromatic carbocycles. The molecule has 2 N–H and O–H groups in total. The number of amides is 1. The van der Waals surface area contributed by atoms with Gasteiger partial charge in [0.15, 0.2) is 6.61 Å². The smallest absolute Gasteiger partial charge is 0.422 e. The average Bonchev–Trinajstić information content (AvgIpc) is 2.51. The van der Waals surface area contributed by atoms with Crippen molar-refractivity contribution in [1.29, 1.82) is 0 Å². The highest BCUT2D eigenvalue weighted by Crippen LogP contribution is 2.24. The van der Waals surface area contributed by atoms with Crippen LogP contribution >= 0.6 is 0 Å². The van der Waals surface area contributed by atoms with Crippen LogP contribution in [0, 0.1) is 5.92 Å². The minimum atomic E-state index is -4.36. The van der Waals surface area contributed by atoms with Crippen LogP contribution in [0.1, 0.15) is 31.2 Å². The van der Waals surface area contributed by atoms with Gasteiger partial charge >= 0.3 is 6.18 Å². The normalized spacial score (nSPS) is 21.7. The van der Waals surface area contributed by atoms with Gasteiger partial charge < -0.3 is 15.2 Å². The van der Waals surface area contributed by atoms with Crippen molar-refractivity contribution in [3.8, 4) is 5.75 Å². The molecule has 1 fully saturated rings. The van der Waals surface area contributed by atoms with E-state index in [0.29, 0.717) is 13.0 Å². The van der Waals surface area contributed by atoms with Gasteiger partial charge in [0.05, 0.1) is 6.10 Å². The van der Waals surface area contributed by atoms with Gasteiger partial charge in [0.2, 0.25) is 5.91 Å². The predicted octanol–water partition coefficient (Wildman–Crippen LogP) is 2.80. The van der Waals surface area contributed by atoms with Crippen molar-refractivity contribution in [3.63, 3.8) is 0 Å². The van der Waals surface area contributed by atoms with Gasteiger partial charge in [0.1, 0.15) is 5.75 Å². The third kappa shape index (κ3) is 6.09. The van der Waals surface area contributed by atoms with E-state index in [1.165, 1.54) is 12.1 Å². The molecule has 1 aliphatic carbocycles. The van der Waals surface area contributed by atoms with Gasteiger partial charge in [-0.1, -0.05) is 18.6 Å². The molecule has 0 unspecified atom stereocenters. The Morgan fingerprint density at radius 3 is 2.57 bits per heavy atom. The van der Waals surface area contributed by atoms with Crippen LogP contribution in [0.3, 0.4) is 0 Å². The fourth-order valence-electron chi connectivity index (χ4n) is 2.60. The standard InChI is InChI=1S/C16H20F3NO3/c17-16(18,19)10-23-14-6-4-11(5-7-14)9-20-15(22)12-2-1-3-13(21)8-12/h4-7,12-13,21H,1-3,8-10H2,(H,20,22)/t12-,13-/m0/s1. The van der Waals surface area contributed by atoms with Crippen LogP contribution in [0.25, 0.3) is 0 Å². The highest BCUT2D eigenvalue weighted by atomic mass is 19.4. The monoisotopic (exact) mass is 331 g/mol. The lowest BCUT2D eigenvalue weighted by Gasteiger charge is -2.24. The lowest BCUT2D eigenvalue weighted by molar-refractivity contribution is -0.153. The first-order valence-electron chi connectivity index (χ1n) is 7.58. The maximum atomic E-state index is 12.0. The summed E-state index contributed by atoms with van der Waals surface area (Å²) in [5.41, 5.74) is 0.772. The van der Waals surface area contributed by atoms with Crippen molar-refractivity contribution in [3.05, 3.63) is 29.8 Å². The zero-order valence-corrected chi connectivity index (χ0v) is 12.6. The summed E-state index contributed by atoms with van der Waals surface area (Å²) in [6.07, 6.45) is -1.95. The molecular formula is C16H20F3NO3. The average molecular weight is 331 g/mol. The van der Waals surface area contributed by atoms with Gasteiger partial charge in [-0.2, -0.15) is 13.2 Å². The van der Waals surface area contributed by atoms with E-state index in [0.717, 1.165) is 24.8 Å². The van der Waals surface area contributed by atoms with Gasteiger partial charge in [-0.15, -0.1) is 0 Å². The third-order valence-corrected chi connectivity index (χ3v) is 3.81. The fourth-order valence-corrected chi connectivity index (χ4v) is 2.60. The Hall–Kier alpha value is -1.76. The summed E-state index contributed by atoms with van der Waals surface area (Å²) < 4.78 is 40.8. The van der Waals surface area contributed by atoms with Crippen LogP contribution in [0.2, 0.25) is 0 Å². The van der Waals surface area contributed by atoms with Gasteiger partial charge in [-0.25, -0.2) is 0 Å². The minimum absolute atomic E-state index is 0.0962. The molecule has 0 radical (unpaired) electrons. The van der Waals surface area contributed by atoms with E-state index in [4.69, 9.17) is 0 Å². The van der Waals surface area contributed by atoms with Crippen molar-refractivity contribution in [2.45, 2.75) is 44.5 Å². The van der Waals surface area contributed by atoms with Crippen LogP contribution < -0.4 is 10.1 Å². The minimum Gasteiger partial charge on any atom is -0.484 e. The summed E-state index contributed by atoms with van der Waals surface area (Å²) in [7, 11) is 0. The highest BCUT2D eigenvalue weighted by molar-refractivity contribution is 5.78. The Morgan fingerprint density at radius 1 is 1.26 bits per heavy atom. The maximum absolute atomic E-state index is 12.0. The Balaban J connectivity index is 1.78. The number of carbonyl (C=O) groups is 1. The first kappa shape index (κ1) is 17.6. The van der Waals surface area contributed by atoms with E-state index in [1.54, 1.807) is 12.1 Å². The number of rotatable bonds is 5. The largest absolute Gasteiger partial charge is 0.484 e. The zero-order chi connectivity index (χ0) is 16.9. The number of nitrogens with one attached hydrogen (secondary N) is 1. The Kier molecular flexibility index (Phi) is 5.87. The van der Waals surface area contributed by atoms with Gasteiger partial charge in [0, 0.05) is 12.5 Å². The van der Waals surface area contributed by atoms with Crippen molar-refractivity contribution >= 4 is 5.91 Å². The summed E-state index contributed by atoms with van der Waals surface area (Å²) >= 11 is 0. The zero-order valence-electron chi connectivity index (χ0n) is 12.6. The van der Waals surface area contributed by atoms with Crippen LogP contribution in [-0.2, 0) is 11.3 Å². The summed E-state index contributed by atoms with van der Waals surface area (Å²) in [5.74, 6) is -0.137. The molecule has 0 aromatic heterocycles. The number of halogens is 3. The Labute approximate surface area is 132 Å². The molecule has 7 heteroatoms. The molecular weight excluding hydrogens is 311 g/mol. The lowest BCUT2D eigenvalue weighted by Crippen LogP contribution is -2.34. The number of alkyl halides is 3. The molecule has 1 aliphatic rings. The first-order chi connectivity index (χ1) is 10.8. The van der Waals surface area contributed by atoms with E-state index >= 15 is 0 Å². The first-order valence-corrected chi connectivity index (χ1v) is 7.58. The number of hydrogen-bond acceptors (Lipinski definition) is 3. The molecule has 0 heterocycles. The molecule has 2 rings (SSSR count). The summed E-state index contributed by atoms with van der Waals surface area (Å²) in [6.45, 7) is -1.03. The van der Waals surface area contributed by atoms with E-state index in [2.05, 4.69) is 10.1 Å². The van der Waals surface area contributed by atoms with E-state index in [9.17, 15) is 23.1 Å². The van der Waals surface area contributed by atoms with Crippen LogP contribution in [0.15, 0.2) is 24.3 Å². The number of hydrogen-bond donors (Lipinski definition) is 2. The fraction of sp³-hybridized carbons (Fsp3) is 0.562. The van der Waals surface area contributed by atoms with E-state index < -0.39 is 18.9 Å². The van der Waals surface area contributed by atoms with Crippen LogP contribution in [0.5, 0.6) is 5.75 Å². The number of ether oxygens (including phenoxy) is 1. The molecule has 0 aliphatic heterocycles. The van der Waals surface area contributed by atoms with E-state index in [-0.39, 0.29) is 17.6 Å². The number of aliphatic hydroxyl groups is 1. The molecule has 4 nitrogen and oxygen atoms in total. The summed E-state index contributed by atoms with van der Waals surface area (Å²) in [6, 6.07) is 6.11. The molecule has 128 valence electrons. The lowest BCUT2D eigenvalue weighted by atomic mass is 9.86. The Morgan fingerprint density at radius 2 is 1.96 bits per heavy atom. The molecule has 1 aromatic rings. The molecule has 23 heavy (non-hydrogen) atoms. The quantitative estimate of drug-likeness (QED) is 0.872. The third-order valence-electron chi connectivity index (χ3n) is 3.81. The van der Waals surface area contributed by atoms with Crippen molar-refractivity contribution in [2.75, 3.05) is 6.61 Å². The summed E-state index contributed by atoms with van der Waals surface area (Å²) in [4.78, 5) is 12.0. The van der Waals surface area contributed by atoms with Crippen LogP contribution in [0.4, 0.5) is 13.2 Å². The summed E-state index contributed by atoms with van der Waals surface area (Å²) in [5, 5.41) is 12.4. The predicted molar refractivity (Wildman–Crippen MR) is 77.8 cm³/mol. The van der Waals surface area contributed by atoms with Gasteiger partial charge in [-0.05, 0) is 37.0 Å². The van der Waals surface area contributed by atoms with Gasteiger partial charge in [0.25, 0.3) is 0 Å². The van der Waals surface area contributed by atoms with Crippen LogP contribution in [-0.4, -0.2) is 29.9 Å². The second kappa shape index (κ2) is 7.68. The van der Waals surface area contributed by atoms with Gasteiger partial charge in [-0.3, -0.25) is 4.79 Å². The number of aliphatic hydroxyl groups excluding tert-OH is 1. The maximum Gasteiger partial charge on any atom is 0.422 e. The number of carbonyl (C=O) groups excluding carboxylic acids is 1. The second-order valence-electron chi connectivity index (χ2n) is 5.78. The molecule has 1 amide bonds. The molecule has 0 spiro atoms. The molecule has 0 bridgehead atoms. The SMILES string of the molecule is O=C(NCc1ccc(OCC(F)(F)F)cc1)[C@H]1CCC[C@H](O)C1. The number of benzene rings is 1. The van der Waals surface area contributed by atoms with Crippen molar-refractivity contribution < 1.29 is 27.8 Å². The van der Waals surface area contributed by atoms with Crippen molar-refractivity contribution in [1.82, 2.24) is 5.32 Å². The molecule has 1 saturated carbocycles. The van der Waals surface area contributed by atoms with Crippen molar-refractivity contribution in [2.24, 2.45) is 5.92 Å². The van der Waals surface area contributed by atoms with E-state index in [1.807, 2.05) is 0 Å².